The van der Waals surface area contributed by atoms with Crippen LogP contribution in [-0.2, 0) is 4.79 Å². The van der Waals surface area contributed by atoms with E-state index in [-0.39, 0.29) is 24.0 Å². The fraction of sp³-hybridized carbons (Fsp3) is 0.818. The van der Waals surface area contributed by atoms with Gasteiger partial charge in [0.05, 0.1) is 0 Å². The van der Waals surface area contributed by atoms with E-state index in [0.29, 0.717) is 6.54 Å². The Kier molecular flexibility index (Phi) is 3.78. The monoisotopic (exact) mass is 228 g/mol. The quantitative estimate of drug-likeness (QED) is 0.745. The van der Waals surface area contributed by atoms with Crippen molar-refractivity contribution in [2.75, 3.05) is 13.1 Å². The summed E-state index contributed by atoms with van der Waals surface area (Å²) in [4.78, 5) is 23.7. The fourth-order valence-corrected chi connectivity index (χ4v) is 1.64. The number of carboxylic acids is 1. The van der Waals surface area contributed by atoms with E-state index in [1.54, 1.807) is 0 Å². The number of carbonyl (C=O) groups excluding carboxylic acids is 1. The summed E-state index contributed by atoms with van der Waals surface area (Å²) in [6, 6.07) is -0.0759. The molecule has 1 fully saturated rings. The number of nitrogens with one attached hydrogen (secondary N) is 1. The van der Waals surface area contributed by atoms with Gasteiger partial charge >= 0.3 is 12.0 Å². The van der Waals surface area contributed by atoms with Gasteiger partial charge in [-0.25, -0.2) is 4.79 Å². The normalized spacial score (nSPS) is 21.3. The Labute approximate surface area is 95.8 Å². The number of hydrogen-bond donors (Lipinski definition) is 2. The van der Waals surface area contributed by atoms with E-state index in [1.807, 2.05) is 6.92 Å². The van der Waals surface area contributed by atoms with E-state index < -0.39 is 5.97 Å². The van der Waals surface area contributed by atoms with Gasteiger partial charge in [-0.05, 0) is 18.3 Å². The maximum absolute atomic E-state index is 11.8. The Morgan fingerprint density at radius 3 is 2.44 bits per heavy atom. The maximum Gasteiger partial charge on any atom is 0.323 e. The van der Waals surface area contributed by atoms with Gasteiger partial charge in [0.1, 0.15) is 6.54 Å². The second kappa shape index (κ2) is 4.72. The molecule has 0 aromatic heterocycles. The highest BCUT2D eigenvalue weighted by Gasteiger charge is 2.47. The van der Waals surface area contributed by atoms with Gasteiger partial charge < -0.3 is 15.3 Å². The zero-order chi connectivity index (χ0) is 12.3. The first-order chi connectivity index (χ1) is 7.36. The van der Waals surface area contributed by atoms with Crippen molar-refractivity contribution < 1.29 is 14.7 Å². The lowest BCUT2D eigenvalue weighted by molar-refractivity contribution is -0.137. The van der Waals surface area contributed by atoms with Crippen LogP contribution in [0.4, 0.5) is 4.79 Å². The number of carboxylic acid groups (broad SMARTS) is 1. The molecule has 16 heavy (non-hydrogen) atoms. The third kappa shape index (κ3) is 3.40. The summed E-state index contributed by atoms with van der Waals surface area (Å²) in [5.41, 5.74) is 0.163. The molecule has 0 radical (unpaired) electrons. The number of rotatable bonds is 5. The molecule has 0 saturated heterocycles. The molecule has 0 aliphatic heterocycles. The molecule has 1 atom stereocenters. The van der Waals surface area contributed by atoms with Crippen LogP contribution in [0.15, 0.2) is 0 Å². The molecule has 0 spiro atoms. The third-order valence-corrected chi connectivity index (χ3v) is 2.92. The van der Waals surface area contributed by atoms with E-state index in [1.165, 1.54) is 4.90 Å². The van der Waals surface area contributed by atoms with Crippen LogP contribution in [0.2, 0.25) is 0 Å². The molecule has 0 aromatic carbocycles. The highest BCUT2D eigenvalue weighted by molar-refractivity contribution is 5.80. The van der Waals surface area contributed by atoms with Crippen molar-refractivity contribution in [2.24, 2.45) is 5.41 Å². The fourth-order valence-electron chi connectivity index (χ4n) is 1.64. The van der Waals surface area contributed by atoms with Gasteiger partial charge in [0.2, 0.25) is 0 Å². The van der Waals surface area contributed by atoms with Crippen LogP contribution < -0.4 is 5.32 Å². The molecule has 1 unspecified atom stereocenters. The van der Waals surface area contributed by atoms with Crippen LogP contribution in [0, 0.1) is 5.41 Å². The molecule has 5 heteroatoms. The van der Waals surface area contributed by atoms with Gasteiger partial charge in [-0.3, -0.25) is 4.79 Å². The summed E-state index contributed by atoms with van der Waals surface area (Å²) >= 11 is 0. The molecule has 5 nitrogen and oxygen atoms in total. The molecule has 92 valence electrons. The number of aliphatic carboxylic acids is 1. The first-order valence-electron chi connectivity index (χ1n) is 5.64. The van der Waals surface area contributed by atoms with Crippen LogP contribution in [0.25, 0.3) is 0 Å². The van der Waals surface area contributed by atoms with Crippen molar-refractivity contribution in [1.82, 2.24) is 10.2 Å². The van der Waals surface area contributed by atoms with Gasteiger partial charge in [-0.1, -0.05) is 20.8 Å². The van der Waals surface area contributed by atoms with Crippen molar-refractivity contribution in [3.63, 3.8) is 0 Å². The summed E-state index contributed by atoms with van der Waals surface area (Å²) in [7, 11) is 0. The predicted molar refractivity (Wildman–Crippen MR) is 60.2 cm³/mol. The van der Waals surface area contributed by atoms with Crippen LogP contribution in [0.5, 0.6) is 0 Å². The SMILES string of the molecule is CCCN(CC(=O)O)C(=O)NC1CC1(C)C. The Morgan fingerprint density at radius 1 is 1.50 bits per heavy atom. The van der Waals surface area contributed by atoms with Crippen molar-refractivity contribution in [3.05, 3.63) is 0 Å². The predicted octanol–water partition coefficient (Wildman–Crippen LogP) is 1.29. The topological polar surface area (TPSA) is 69.6 Å². The molecule has 0 bridgehead atoms. The average Bonchev–Trinajstić information content (AvgIpc) is 2.72. The van der Waals surface area contributed by atoms with Crippen molar-refractivity contribution in [2.45, 2.75) is 39.7 Å². The van der Waals surface area contributed by atoms with Crippen LogP contribution in [0.3, 0.4) is 0 Å². The summed E-state index contributed by atoms with van der Waals surface area (Å²) < 4.78 is 0. The van der Waals surface area contributed by atoms with E-state index in [9.17, 15) is 9.59 Å². The summed E-state index contributed by atoms with van der Waals surface area (Å²) in [6.45, 7) is 6.33. The lowest BCUT2D eigenvalue weighted by Crippen LogP contribution is -2.44. The molecule has 0 heterocycles. The number of hydrogen-bond acceptors (Lipinski definition) is 2. The second-order valence-electron chi connectivity index (χ2n) is 5.01. The maximum atomic E-state index is 11.8. The standard InChI is InChI=1S/C11H20N2O3/c1-4-5-13(7-9(14)15)10(16)12-8-6-11(8,2)3/h8H,4-7H2,1-3H3,(H,12,16)(H,14,15). The van der Waals surface area contributed by atoms with Gasteiger partial charge in [0.25, 0.3) is 0 Å². The molecule has 1 aliphatic rings. The lowest BCUT2D eigenvalue weighted by atomic mass is 10.2. The Balaban J connectivity index is 2.44. The van der Waals surface area contributed by atoms with Crippen molar-refractivity contribution in [3.8, 4) is 0 Å². The highest BCUT2D eigenvalue weighted by atomic mass is 16.4. The van der Waals surface area contributed by atoms with Gasteiger partial charge in [-0.15, -0.1) is 0 Å². The van der Waals surface area contributed by atoms with Crippen LogP contribution in [-0.4, -0.2) is 41.1 Å². The van der Waals surface area contributed by atoms with Crippen molar-refractivity contribution >= 4 is 12.0 Å². The van der Waals surface area contributed by atoms with Gasteiger partial charge in [0, 0.05) is 12.6 Å². The Bertz CT molecular complexity index is 289. The van der Waals surface area contributed by atoms with Gasteiger partial charge in [0.15, 0.2) is 0 Å². The zero-order valence-corrected chi connectivity index (χ0v) is 10.1. The summed E-state index contributed by atoms with van der Waals surface area (Å²) in [6.07, 6.45) is 1.72. The average molecular weight is 228 g/mol. The largest absolute Gasteiger partial charge is 0.480 e. The Hall–Kier alpha value is -1.26. The first kappa shape index (κ1) is 12.8. The minimum Gasteiger partial charge on any atom is -0.480 e. The number of urea groups is 1. The minimum atomic E-state index is -0.973. The van der Waals surface area contributed by atoms with E-state index in [2.05, 4.69) is 19.2 Å². The van der Waals surface area contributed by atoms with Crippen LogP contribution in [0.1, 0.15) is 33.6 Å². The molecule has 1 aliphatic carbocycles. The molecular formula is C11H20N2O3. The summed E-state index contributed by atoms with van der Waals surface area (Å²) in [5, 5.41) is 11.5. The molecule has 2 N–H and O–H groups in total. The van der Waals surface area contributed by atoms with Gasteiger partial charge in [-0.2, -0.15) is 0 Å². The van der Waals surface area contributed by atoms with E-state index in [4.69, 9.17) is 5.11 Å². The van der Waals surface area contributed by atoms with Crippen LogP contribution >= 0.6 is 0 Å². The van der Waals surface area contributed by atoms with E-state index in [0.717, 1.165) is 12.8 Å². The van der Waals surface area contributed by atoms with E-state index >= 15 is 0 Å². The first-order valence-corrected chi connectivity index (χ1v) is 5.64. The smallest absolute Gasteiger partial charge is 0.323 e. The molecule has 2 amide bonds. The highest BCUT2D eigenvalue weighted by Crippen LogP contribution is 2.44. The third-order valence-electron chi connectivity index (χ3n) is 2.92. The number of amides is 2. The molecule has 1 rings (SSSR count). The Morgan fingerprint density at radius 2 is 2.06 bits per heavy atom. The van der Waals surface area contributed by atoms with Crippen molar-refractivity contribution in [1.29, 1.82) is 0 Å². The molecule has 1 saturated carbocycles. The molecule has 0 aromatic rings. The summed E-state index contributed by atoms with van der Waals surface area (Å²) in [5.74, 6) is -0.973. The number of carbonyl (C=O) groups is 2. The lowest BCUT2D eigenvalue weighted by Gasteiger charge is -2.21. The minimum absolute atomic E-state index is 0.163. The zero-order valence-electron chi connectivity index (χ0n) is 10.1. The second-order valence-corrected chi connectivity index (χ2v) is 5.01. The number of nitrogens with zero attached hydrogens (tertiary/aromatic N) is 1. The molecular weight excluding hydrogens is 208 g/mol.